The Morgan fingerprint density at radius 2 is 2.00 bits per heavy atom. The van der Waals surface area contributed by atoms with Crippen LogP contribution in [0.25, 0.3) is 0 Å². The molecule has 7 heteroatoms. The molecule has 2 rings (SSSR count). The summed E-state index contributed by atoms with van der Waals surface area (Å²) in [5.74, 6) is 1.44. The summed E-state index contributed by atoms with van der Waals surface area (Å²) >= 11 is 1.67. The Bertz CT molecular complexity index is 619. The Morgan fingerprint density at radius 1 is 1.35 bits per heavy atom. The Labute approximate surface area is 166 Å². The van der Waals surface area contributed by atoms with Crippen LogP contribution in [0.3, 0.4) is 0 Å². The van der Waals surface area contributed by atoms with Crippen molar-refractivity contribution in [1.82, 2.24) is 4.90 Å². The van der Waals surface area contributed by atoms with Gasteiger partial charge in [0.2, 0.25) is 5.91 Å². The lowest BCUT2D eigenvalue weighted by molar-refractivity contribution is -0.117. The first kappa shape index (κ1) is 22.8. The Hall–Kier alpha value is -1.24. The zero-order chi connectivity index (χ0) is 18.4. The average molecular weight is 400 g/mol. The van der Waals surface area contributed by atoms with Crippen molar-refractivity contribution in [2.45, 2.75) is 39.2 Å². The number of hydrogen-bond donors (Lipinski definition) is 2. The van der Waals surface area contributed by atoms with E-state index in [4.69, 9.17) is 5.73 Å². The van der Waals surface area contributed by atoms with Crippen molar-refractivity contribution < 1.29 is 9.59 Å². The van der Waals surface area contributed by atoms with Crippen molar-refractivity contribution in [3.05, 3.63) is 29.3 Å². The highest BCUT2D eigenvalue weighted by Crippen LogP contribution is 2.21. The number of aryl methyl sites for hydroxylation is 1. The minimum absolute atomic E-state index is 0. The highest BCUT2D eigenvalue weighted by Gasteiger charge is 2.22. The van der Waals surface area contributed by atoms with Crippen LogP contribution in [0.1, 0.15) is 42.1 Å². The monoisotopic (exact) mass is 399 g/mol. The van der Waals surface area contributed by atoms with E-state index in [1.54, 1.807) is 23.9 Å². The molecular weight excluding hydrogens is 370 g/mol. The summed E-state index contributed by atoms with van der Waals surface area (Å²) < 4.78 is 0. The molecule has 0 aromatic heterocycles. The zero-order valence-electron chi connectivity index (χ0n) is 15.8. The molecule has 0 unspecified atom stereocenters. The van der Waals surface area contributed by atoms with Crippen molar-refractivity contribution in [2.24, 2.45) is 11.7 Å². The Morgan fingerprint density at radius 3 is 2.58 bits per heavy atom. The lowest BCUT2D eigenvalue weighted by atomic mass is 9.98. The number of anilines is 1. The number of likely N-dealkylation sites (tertiary alicyclic amines) is 1. The summed E-state index contributed by atoms with van der Waals surface area (Å²) in [7, 11) is 0. The van der Waals surface area contributed by atoms with Crippen molar-refractivity contribution in [1.29, 1.82) is 0 Å². The van der Waals surface area contributed by atoms with Gasteiger partial charge in [0, 0.05) is 24.3 Å². The third kappa shape index (κ3) is 6.18. The molecule has 0 bridgehead atoms. The maximum Gasteiger partial charge on any atom is 0.253 e. The van der Waals surface area contributed by atoms with Crippen LogP contribution in [0.15, 0.2) is 18.2 Å². The third-order valence-electron chi connectivity index (χ3n) is 4.77. The van der Waals surface area contributed by atoms with E-state index in [0.29, 0.717) is 23.6 Å². The molecule has 1 aliphatic heterocycles. The number of carbonyl (C=O) groups excluding carboxylic acids is 2. The van der Waals surface area contributed by atoms with Crippen molar-refractivity contribution in [3.63, 3.8) is 0 Å². The molecule has 26 heavy (non-hydrogen) atoms. The van der Waals surface area contributed by atoms with Crippen molar-refractivity contribution in [2.75, 3.05) is 30.4 Å². The molecule has 1 aromatic carbocycles. The number of rotatable bonds is 6. The number of carbonyl (C=O) groups is 2. The maximum atomic E-state index is 12.6. The van der Waals surface area contributed by atoms with Crippen molar-refractivity contribution >= 4 is 41.7 Å². The van der Waals surface area contributed by atoms with Crippen LogP contribution in [0, 0.1) is 12.8 Å². The second-order valence-corrected chi connectivity index (χ2v) is 7.87. The first-order valence-electron chi connectivity index (χ1n) is 8.87. The van der Waals surface area contributed by atoms with Gasteiger partial charge in [0.25, 0.3) is 5.91 Å². The molecule has 2 amide bonds. The van der Waals surface area contributed by atoms with Crippen LogP contribution in [-0.2, 0) is 4.79 Å². The average Bonchev–Trinajstić information content (AvgIpc) is 2.61. The van der Waals surface area contributed by atoms with E-state index in [1.165, 1.54) is 0 Å². The fourth-order valence-electron chi connectivity index (χ4n) is 2.93. The predicted molar refractivity (Wildman–Crippen MR) is 112 cm³/mol. The van der Waals surface area contributed by atoms with Gasteiger partial charge in [-0.05, 0) is 67.9 Å². The van der Waals surface area contributed by atoms with Crippen LogP contribution in [0.4, 0.5) is 5.69 Å². The van der Waals surface area contributed by atoms with E-state index < -0.39 is 6.04 Å². The highest BCUT2D eigenvalue weighted by molar-refractivity contribution is 7.98. The molecule has 1 heterocycles. The van der Waals surface area contributed by atoms with Gasteiger partial charge in [-0.1, -0.05) is 6.92 Å². The lowest BCUT2D eigenvalue weighted by Gasteiger charge is -2.30. The number of amides is 2. The molecule has 1 aromatic rings. The van der Waals surface area contributed by atoms with Gasteiger partial charge >= 0.3 is 0 Å². The van der Waals surface area contributed by atoms with Crippen LogP contribution in [-0.4, -0.2) is 47.9 Å². The molecule has 1 atom stereocenters. The number of benzene rings is 1. The van der Waals surface area contributed by atoms with Gasteiger partial charge < -0.3 is 16.0 Å². The number of hydrogen-bond acceptors (Lipinski definition) is 4. The Balaban J connectivity index is 0.00000338. The number of nitrogens with zero attached hydrogens (tertiary/aromatic N) is 1. The van der Waals surface area contributed by atoms with E-state index in [2.05, 4.69) is 12.2 Å². The largest absolute Gasteiger partial charge is 0.339 e. The molecular formula is C19H30ClN3O2S. The predicted octanol–water partition coefficient (Wildman–Crippen LogP) is 3.31. The molecule has 1 aliphatic rings. The molecule has 0 radical (unpaired) electrons. The topological polar surface area (TPSA) is 75.4 Å². The molecule has 3 N–H and O–H groups in total. The molecule has 1 fully saturated rings. The smallest absolute Gasteiger partial charge is 0.253 e. The molecule has 0 spiro atoms. The van der Waals surface area contributed by atoms with Crippen LogP contribution < -0.4 is 11.1 Å². The van der Waals surface area contributed by atoms with Gasteiger partial charge in [-0.15, -0.1) is 12.4 Å². The SMILES string of the molecule is CSCC[C@H](N)C(=O)Nc1ccc(C(=O)N2CCC(C)CC2)cc1C.Cl. The van der Waals surface area contributed by atoms with Crippen LogP contribution in [0.2, 0.25) is 0 Å². The molecule has 146 valence electrons. The molecule has 1 saturated heterocycles. The van der Waals surface area contributed by atoms with Crippen LogP contribution >= 0.6 is 24.2 Å². The van der Waals surface area contributed by atoms with Gasteiger partial charge in [-0.25, -0.2) is 0 Å². The minimum atomic E-state index is -0.511. The van der Waals surface area contributed by atoms with Gasteiger partial charge in [0.15, 0.2) is 0 Å². The van der Waals surface area contributed by atoms with Gasteiger partial charge in [-0.3, -0.25) is 9.59 Å². The number of nitrogens with one attached hydrogen (secondary N) is 1. The number of thioether (sulfide) groups is 1. The summed E-state index contributed by atoms with van der Waals surface area (Å²) in [6.45, 7) is 5.77. The van der Waals surface area contributed by atoms with E-state index in [1.807, 2.05) is 24.1 Å². The Kier molecular flexibility index (Phi) is 9.47. The summed E-state index contributed by atoms with van der Waals surface area (Å²) in [5.41, 5.74) is 8.17. The lowest BCUT2D eigenvalue weighted by Crippen LogP contribution is -2.38. The molecule has 0 aliphatic carbocycles. The fraction of sp³-hybridized carbons (Fsp3) is 0.579. The highest BCUT2D eigenvalue weighted by atomic mass is 35.5. The third-order valence-corrected chi connectivity index (χ3v) is 5.42. The molecule has 0 saturated carbocycles. The van der Waals surface area contributed by atoms with E-state index >= 15 is 0 Å². The molecule has 5 nitrogen and oxygen atoms in total. The maximum absolute atomic E-state index is 12.6. The minimum Gasteiger partial charge on any atom is -0.339 e. The zero-order valence-corrected chi connectivity index (χ0v) is 17.4. The first-order valence-corrected chi connectivity index (χ1v) is 10.3. The summed E-state index contributed by atoms with van der Waals surface area (Å²) in [6, 6.07) is 4.93. The van der Waals surface area contributed by atoms with Gasteiger partial charge in [-0.2, -0.15) is 11.8 Å². The standard InChI is InChI=1S/C19H29N3O2S.ClH/c1-13-6-9-22(10-7-13)19(24)15-4-5-17(14(2)12-15)21-18(23)16(20)8-11-25-3;/h4-5,12-13,16H,6-11,20H2,1-3H3,(H,21,23);1H/t16-;/m0./s1. The summed E-state index contributed by atoms with van der Waals surface area (Å²) in [5, 5.41) is 2.87. The second kappa shape index (κ2) is 10.8. The van der Waals surface area contributed by atoms with Crippen molar-refractivity contribution in [3.8, 4) is 0 Å². The normalized spacial score (nSPS) is 15.9. The fourth-order valence-corrected chi connectivity index (χ4v) is 3.42. The number of halogens is 1. The number of nitrogens with two attached hydrogens (primary N) is 1. The first-order chi connectivity index (χ1) is 11.9. The van der Waals surface area contributed by atoms with Gasteiger partial charge in [0.05, 0.1) is 6.04 Å². The van der Waals surface area contributed by atoms with E-state index in [9.17, 15) is 9.59 Å². The summed E-state index contributed by atoms with van der Waals surface area (Å²) in [4.78, 5) is 26.7. The summed E-state index contributed by atoms with van der Waals surface area (Å²) in [6.07, 6.45) is 4.77. The van der Waals surface area contributed by atoms with E-state index in [0.717, 1.165) is 37.2 Å². The quantitative estimate of drug-likeness (QED) is 0.769. The van der Waals surface area contributed by atoms with E-state index in [-0.39, 0.29) is 24.2 Å². The number of piperidine rings is 1. The van der Waals surface area contributed by atoms with Gasteiger partial charge in [0.1, 0.15) is 0 Å². The van der Waals surface area contributed by atoms with Crippen LogP contribution in [0.5, 0.6) is 0 Å². The second-order valence-electron chi connectivity index (χ2n) is 6.88.